The summed E-state index contributed by atoms with van der Waals surface area (Å²) in [5.41, 5.74) is 0.617. The third-order valence-corrected chi connectivity index (χ3v) is 3.74. The molecule has 0 bridgehead atoms. The average molecular weight is 264 g/mol. The Bertz CT molecular complexity index is 632. The minimum atomic E-state index is -0.0423. The van der Waals surface area contributed by atoms with Crippen LogP contribution in [-0.2, 0) is 0 Å². The van der Waals surface area contributed by atoms with E-state index in [1.165, 1.54) is 0 Å². The molecular weight excluding hydrogens is 250 g/mol. The molecule has 0 spiro atoms. The summed E-state index contributed by atoms with van der Waals surface area (Å²) in [5.74, 6) is 0. The van der Waals surface area contributed by atoms with Crippen LogP contribution in [0.3, 0.4) is 0 Å². The molecule has 0 amide bonds. The van der Waals surface area contributed by atoms with E-state index in [1.807, 2.05) is 12.1 Å². The summed E-state index contributed by atoms with van der Waals surface area (Å²) in [6.07, 6.45) is 3.72. The van der Waals surface area contributed by atoms with Crippen LogP contribution in [-0.4, -0.2) is 22.6 Å². The average Bonchev–Trinajstić information content (AvgIpc) is 2.40. The van der Waals surface area contributed by atoms with Gasteiger partial charge in [-0.2, -0.15) is 0 Å². The fourth-order valence-corrected chi connectivity index (χ4v) is 2.72. The summed E-state index contributed by atoms with van der Waals surface area (Å²) < 4.78 is 1.71. The Balaban J connectivity index is 2.16. The molecule has 3 rings (SSSR count). The molecule has 5 heteroatoms. The SMILES string of the molecule is O=c1c2c(Cl)cccc2ncn1C1CCCNC1. The summed E-state index contributed by atoms with van der Waals surface area (Å²) in [6, 6.07) is 5.53. The maximum absolute atomic E-state index is 12.5. The van der Waals surface area contributed by atoms with Gasteiger partial charge in [0.2, 0.25) is 0 Å². The van der Waals surface area contributed by atoms with Crippen molar-refractivity contribution in [1.82, 2.24) is 14.9 Å². The molecule has 1 aliphatic heterocycles. The van der Waals surface area contributed by atoms with Crippen LogP contribution in [0.15, 0.2) is 29.3 Å². The molecule has 1 fully saturated rings. The Morgan fingerprint density at radius 1 is 1.44 bits per heavy atom. The summed E-state index contributed by atoms with van der Waals surface area (Å²) in [5, 5.41) is 4.30. The van der Waals surface area contributed by atoms with Crippen molar-refractivity contribution in [3.63, 3.8) is 0 Å². The normalized spacial score (nSPS) is 20.2. The van der Waals surface area contributed by atoms with E-state index in [4.69, 9.17) is 11.6 Å². The van der Waals surface area contributed by atoms with Crippen LogP contribution in [0.25, 0.3) is 10.9 Å². The van der Waals surface area contributed by atoms with Gasteiger partial charge in [-0.1, -0.05) is 17.7 Å². The van der Waals surface area contributed by atoms with Gasteiger partial charge in [-0.25, -0.2) is 4.98 Å². The maximum atomic E-state index is 12.5. The molecule has 4 nitrogen and oxygen atoms in total. The van der Waals surface area contributed by atoms with E-state index in [0.717, 1.165) is 25.9 Å². The molecule has 1 aromatic carbocycles. The van der Waals surface area contributed by atoms with Crippen molar-refractivity contribution in [2.45, 2.75) is 18.9 Å². The summed E-state index contributed by atoms with van der Waals surface area (Å²) in [6.45, 7) is 1.84. The van der Waals surface area contributed by atoms with Crippen molar-refractivity contribution in [3.8, 4) is 0 Å². The Hall–Kier alpha value is -1.39. The van der Waals surface area contributed by atoms with Gasteiger partial charge in [0.05, 0.1) is 28.3 Å². The zero-order valence-corrected chi connectivity index (χ0v) is 10.7. The van der Waals surface area contributed by atoms with Crippen molar-refractivity contribution in [3.05, 3.63) is 39.9 Å². The van der Waals surface area contributed by atoms with E-state index in [-0.39, 0.29) is 11.6 Å². The van der Waals surface area contributed by atoms with Gasteiger partial charge in [-0.05, 0) is 31.5 Å². The van der Waals surface area contributed by atoms with Crippen LogP contribution in [0.4, 0.5) is 0 Å². The quantitative estimate of drug-likeness (QED) is 0.856. The number of rotatable bonds is 1. The number of hydrogen-bond acceptors (Lipinski definition) is 3. The fourth-order valence-electron chi connectivity index (χ4n) is 2.47. The first-order valence-corrected chi connectivity index (χ1v) is 6.51. The number of nitrogens with zero attached hydrogens (tertiary/aromatic N) is 2. The molecule has 1 saturated heterocycles. The molecule has 94 valence electrons. The molecule has 18 heavy (non-hydrogen) atoms. The number of benzene rings is 1. The first kappa shape index (κ1) is 11.7. The van der Waals surface area contributed by atoms with Crippen LogP contribution in [0.2, 0.25) is 5.02 Å². The number of hydrogen-bond donors (Lipinski definition) is 1. The van der Waals surface area contributed by atoms with Gasteiger partial charge < -0.3 is 5.32 Å². The second-order valence-corrected chi connectivity index (χ2v) is 5.00. The molecule has 1 aromatic heterocycles. The summed E-state index contributed by atoms with van der Waals surface area (Å²) >= 11 is 6.10. The van der Waals surface area contributed by atoms with Gasteiger partial charge in [0.25, 0.3) is 5.56 Å². The predicted molar refractivity (Wildman–Crippen MR) is 72.2 cm³/mol. The topological polar surface area (TPSA) is 46.9 Å². The zero-order chi connectivity index (χ0) is 12.5. The van der Waals surface area contributed by atoms with Gasteiger partial charge in [0.15, 0.2) is 0 Å². The van der Waals surface area contributed by atoms with E-state index < -0.39 is 0 Å². The van der Waals surface area contributed by atoms with E-state index >= 15 is 0 Å². The van der Waals surface area contributed by atoms with Crippen LogP contribution >= 0.6 is 11.6 Å². The molecule has 1 unspecified atom stereocenters. The van der Waals surface area contributed by atoms with Crippen LogP contribution in [0.5, 0.6) is 0 Å². The number of fused-ring (bicyclic) bond motifs is 1. The van der Waals surface area contributed by atoms with Gasteiger partial charge >= 0.3 is 0 Å². The second kappa shape index (κ2) is 4.71. The first-order chi connectivity index (χ1) is 8.77. The minimum Gasteiger partial charge on any atom is -0.315 e. The van der Waals surface area contributed by atoms with Crippen molar-refractivity contribution in [2.75, 3.05) is 13.1 Å². The predicted octanol–water partition coefficient (Wildman–Crippen LogP) is 1.97. The van der Waals surface area contributed by atoms with Gasteiger partial charge in [-0.15, -0.1) is 0 Å². The third kappa shape index (κ3) is 1.91. The van der Waals surface area contributed by atoms with E-state index in [2.05, 4.69) is 10.3 Å². The van der Waals surface area contributed by atoms with Crippen LogP contribution < -0.4 is 10.9 Å². The third-order valence-electron chi connectivity index (χ3n) is 3.43. The number of nitrogens with one attached hydrogen (secondary N) is 1. The molecule has 2 heterocycles. The van der Waals surface area contributed by atoms with E-state index in [1.54, 1.807) is 17.0 Å². The lowest BCUT2D eigenvalue weighted by Gasteiger charge is -2.24. The molecule has 0 radical (unpaired) electrons. The Labute approximate surface area is 110 Å². The first-order valence-electron chi connectivity index (χ1n) is 6.13. The van der Waals surface area contributed by atoms with E-state index in [0.29, 0.717) is 15.9 Å². The van der Waals surface area contributed by atoms with Crippen molar-refractivity contribution >= 4 is 22.5 Å². The molecule has 1 N–H and O–H groups in total. The molecule has 1 aliphatic rings. The lowest BCUT2D eigenvalue weighted by Crippen LogP contribution is -2.36. The van der Waals surface area contributed by atoms with Crippen molar-refractivity contribution < 1.29 is 0 Å². The standard InChI is InChI=1S/C13H14ClN3O/c14-10-4-1-5-11-12(10)13(18)17(8-16-11)9-3-2-6-15-7-9/h1,4-5,8-9,15H,2-3,6-7H2. The highest BCUT2D eigenvalue weighted by molar-refractivity contribution is 6.35. The van der Waals surface area contributed by atoms with E-state index in [9.17, 15) is 4.79 Å². The molecule has 0 aliphatic carbocycles. The fraction of sp³-hybridized carbons (Fsp3) is 0.385. The zero-order valence-electron chi connectivity index (χ0n) is 9.90. The minimum absolute atomic E-state index is 0.0423. The molecule has 2 aromatic rings. The number of aromatic nitrogens is 2. The van der Waals surface area contributed by atoms with Crippen LogP contribution in [0, 0.1) is 0 Å². The summed E-state index contributed by atoms with van der Waals surface area (Å²) in [4.78, 5) is 16.8. The maximum Gasteiger partial charge on any atom is 0.263 e. The highest BCUT2D eigenvalue weighted by atomic mass is 35.5. The Morgan fingerprint density at radius 2 is 2.33 bits per heavy atom. The largest absolute Gasteiger partial charge is 0.315 e. The summed E-state index contributed by atoms with van der Waals surface area (Å²) in [7, 11) is 0. The second-order valence-electron chi connectivity index (χ2n) is 4.59. The lowest BCUT2D eigenvalue weighted by molar-refractivity contribution is 0.363. The monoisotopic (exact) mass is 263 g/mol. The molecular formula is C13H14ClN3O. The van der Waals surface area contributed by atoms with Gasteiger partial charge in [0, 0.05) is 6.54 Å². The van der Waals surface area contributed by atoms with Gasteiger partial charge in [-0.3, -0.25) is 9.36 Å². The smallest absolute Gasteiger partial charge is 0.263 e. The number of halogens is 1. The van der Waals surface area contributed by atoms with Crippen LogP contribution in [0.1, 0.15) is 18.9 Å². The van der Waals surface area contributed by atoms with Crippen molar-refractivity contribution in [2.24, 2.45) is 0 Å². The molecule has 0 saturated carbocycles. The molecule has 1 atom stereocenters. The highest BCUT2D eigenvalue weighted by Crippen LogP contribution is 2.20. The lowest BCUT2D eigenvalue weighted by atomic mass is 10.1. The highest BCUT2D eigenvalue weighted by Gasteiger charge is 2.17. The Morgan fingerprint density at radius 3 is 3.11 bits per heavy atom. The Kier molecular flexibility index (Phi) is 3.06. The van der Waals surface area contributed by atoms with Gasteiger partial charge in [0.1, 0.15) is 0 Å². The number of piperidine rings is 1. The van der Waals surface area contributed by atoms with Crippen molar-refractivity contribution in [1.29, 1.82) is 0 Å².